The molecule has 0 aromatic rings. The fourth-order valence-electron chi connectivity index (χ4n) is 1.56. The molecule has 0 saturated heterocycles. The topological polar surface area (TPSA) is 26.3 Å². The molecule has 0 fully saturated rings. The van der Waals surface area contributed by atoms with E-state index in [0.29, 0.717) is 13.0 Å². The van der Waals surface area contributed by atoms with Crippen molar-refractivity contribution < 1.29 is 9.53 Å². The summed E-state index contributed by atoms with van der Waals surface area (Å²) < 4.78 is 5.14. The van der Waals surface area contributed by atoms with Crippen LogP contribution in [0.25, 0.3) is 0 Å². The van der Waals surface area contributed by atoms with Gasteiger partial charge < -0.3 is 4.74 Å². The van der Waals surface area contributed by atoms with Crippen LogP contribution in [0, 0.1) is 0 Å². The molecule has 0 aromatic heterocycles. The lowest BCUT2D eigenvalue weighted by Gasteiger charge is -2.04. The first-order valence-corrected chi connectivity index (χ1v) is 6.68. The molecule has 2 nitrogen and oxygen atoms in total. The van der Waals surface area contributed by atoms with E-state index in [1.807, 2.05) is 12.2 Å². The maximum atomic E-state index is 11.3. The Morgan fingerprint density at radius 1 is 0.882 bits per heavy atom. The Morgan fingerprint density at radius 2 is 1.47 bits per heavy atom. The van der Waals surface area contributed by atoms with Gasteiger partial charge in [0.1, 0.15) is 0 Å². The third kappa shape index (κ3) is 12.9. The highest BCUT2D eigenvalue weighted by Crippen LogP contribution is 2.05. The standard InChI is InChI=1S/C15H26O2/c1-3-5-7-9-11-13-15(16)17-14-12-10-8-6-4-2/h3-4H,1-2,5-14H2. The molecule has 0 bridgehead atoms. The summed E-state index contributed by atoms with van der Waals surface area (Å²) in [5, 5.41) is 0. The Morgan fingerprint density at radius 3 is 2.06 bits per heavy atom. The van der Waals surface area contributed by atoms with Gasteiger partial charge in [-0.15, -0.1) is 13.2 Å². The second-order valence-corrected chi connectivity index (χ2v) is 4.25. The molecular weight excluding hydrogens is 212 g/mol. The average Bonchev–Trinajstić information content (AvgIpc) is 2.33. The highest BCUT2D eigenvalue weighted by Gasteiger charge is 2.01. The molecule has 0 aliphatic rings. The van der Waals surface area contributed by atoms with E-state index in [-0.39, 0.29) is 5.97 Å². The van der Waals surface area contributed by atoms with Gasteiger partial charge in [-0.05, 0) is 44.9 Å². The Kier molecular flexibility index (Phi) is 12.2. The summed E-state index contributed by atoms with van der Waals surface area (Å²) >= 11 is 0. The number of carbonyl (C=O) groups excluding carboxylic acids is 1. The van der Waals surface area contributed by atoms with Crippen LogP contribution in [0.1, 0.15) is 57.8 Å². The smallest absolute Gasteiger partial charge is 0.305 e. The van der Waals surface area contributed by atoms with Crippen LogP contribution in [-0.2, 0) is 9.53 Å². The van der Waals surface area contributed by atoms with E-state index >= 15 is 0 Å². The van der Waals surface area contributed by atoms with Crippen molar-refractivity contribution in [3.8, 4) is 0 Å². The third-order valence-corrected chi connectivity index (χ3v) is 2.60. The minimum atomic E-state index is -0.0488. The van der Waals surface area contributed by atoms with Crippen molar-refractivity contribution in [3.05, 3.63) is 25.3 Å². The van der Waals surface area contributed by atoms with Gasteiger partial charge in [0.25, 0.3) is 0 Å². The van der Waals surface area contributed by atoms with Crippen molar-refractivity contribution in [1.82, 2.24) is 0 Å². The molecule has 0 aliphatic heterocycles. The molecule has 0 atom stereocenters. The second-order valence-electron chi connectivity index (χ2n) is 4.25. The summed E-state index contributed by atoms with van der Waals surface area (Å²) in [4.78, 5) is 11.3. The Labute approximate surface area is 106 Å². The predicted octanol–water partition coefficient (Wildman–Crippen LogP) is 4.41. The van der Waals surface area contributed by atoms with E-state index < -0.39 is 0 Å². The summed E-state index contributed by atoms with van der Waals surface area (Å²) in [5.41, 5.74) is 0. The lowest BCUT2D eigenvalue weighted by molar-refractivity contribution is -0.143. The van der Waals surface area contributed by atoms with Gasteiger partial charge in [0, 0.05) is 6.42 Å². The number of unbranched alkanes of at least 4 members (excludes halogenated alkanes) is 6. The number of ether oxygens (including phenoxy) is 1. The lowest BCUT2D eigenvalue weighted by atomic mass is 10.1. The van der Waals surface area contributed by atoms with Crippen molar-refractivity contribution in [2.24, 2.45) is 0 Å². The van der Waals surface area contributed by atoms with Crippen molar-refractivity contribution in [2.45, 2.75) is 57.8 Å². The fraction of sp³-hybridized carbons (Fsp3) is 0.667. The van der Waals surface area contributed by atoms with Gasteiger partial charge >= 0.3 is 5.97 Å². The van der Waals surface area contributed by atoms with Crippen LogP contribution in [0.2, 0.25) is 0 Å². The lowest BCUT2D eigenvalue weighted by Crippen LogP contribution is -2.05. The van der Waals surface area contributed by atoms with Gasteiger partial charge in [-0.2, -0.15) is 0 Å². The Bertz CT molecular complexity index is 209. The quantitative estimate of drug-likeness (QED) is 0.286. The zero-order chi connectivity index (χ0) is 12.8. The third-order valence-electron chi connectivity index (χ3n) is 2.60. The van der Waals surface area contributed by atoms with Crippen LogP contribution in [0.5, 0.6) is 0 Å². The molecule has 0 spiro atoms. The molecule has 0 aliphatic carbocycles. The minimum absolute atomic E-state index is 0.0488. The number of esters is 1. The first kappa shape index (κ1) is 16.0. The van der Waals surface area contributed by atoms with E-state index in [1.165, 1.54) is 0 Å². The van der Waals surface area contributed by atoms with Crippen molar-refractivity contribution in [3.63, 3.8) is 0 Å². The van der Waals surface area contributed by atoms with E-state index in [0.717, 1.165) is 51.4 Å². The Balaban J connectivity index is 3.17. The number of hydrogen-bond acceptors (Lipinski definition) is 2. The summed E-state index contributed by atoms with van der Waals surface area (Å²) in [6.45, 7) is 7.91. The molecule has 98 valence electrons. The molecule has 0 unspecified atom stereocenters. The van der Waals surface area contributed by atoms with Gasteiger partial charge in [0.15, 0.2) is 0 Å². The van der Waals surface area contributed by atoms with Crippen molar-refractivity contribution in [1.29, 1.82) is 0 Å². The summed E-state index contributed by atoms with van der Waals surface area (Å²) in [6, 6.07) is 0. The highest BCUT2D eigenvalue weighted by atomic mass is 16.5. The molecular formula is C15H26O2. The zero-order valence-electron chi connectivity index (χ0n) is 11.0. The van der Waals surface area contributed by atoms with Gasteiger partial charge in [-0.3, -0.25) is 4.79 Å². The van der Waals surface area contributed by atoms with Crippen LogP contribution in [0.4, 0.5) is 0 Å². The van der Waals surface area contributed by atoms with Gasteiger partial charge in [-0.1, -0.05) is 18.6 Å². The van der Waals surface area contributed by atoms with Crippen LogP contribution >= 0.6 is 0 Å². The van der Waals surface area contributed by atoms with E-state index in [4.69, 9.17) is 4.74 Å². The molecule has 0 aromatic carbocycles. The van der Waals surface area contributed by atoms with Crippen LogP contribution in [-0.4, -0.2) is 12.6 Å². The minimum Gasteiger partial charge on any atom is -0.466 e. The number of hydrogen-bond donors (Lipinski definition) is 0. The first-order valence-electron chi connectivity index (χ1n) is 6.68. The molecule has 2 heteroatoms. The summed E-state index contributed by atoms with van der Waals surface area (Å²) in [7, 11) is 0. The molecule has 0 N–H and O–H groups in total. The normalized spacial score (nSPS) is 9.88. The number of rotatable bonds is 12. The maximum absolute atomic E-state index is 11.3. The highest BCUT2D eigenvalue weighted by molar-refractivity contribution is 5.69. The summed E-state index contributed by atoms with van der Waals surface area (Å²) in [5.74, 6) is -0.0488. The van der Waals surface area contributed by atoms with Crippen molar-refractivity contribution >= 4 is 5.97 Å². The van der Waals surface area contributed by atoms with Gasteiger partial charge in [0.05, 0.1) is 6.61 Å². The average molecular weight is 238 g/mol. The molecule has 0 saturated carbocycles. The predicted molar refractivity (Wildman–Crippen MR) is 72.9 cm³/mol. The fourth-order valence-corrected chi connectivity index (χ4v) is 1.56. The molecule has 0 radical (unpaired) electrons. The van der Waals surface area contributed by atoms with E-state index in [1.54, 1.807) is 0 Å². The number of carbonyl (C=O) groups is 1. The largest absolute Gasteiger partial charge is 0.466 e. The van der Waals surface area contributed by atoms with Crippen LogP contribution < -0.4 is 0 Å². The monoisotopic (exact) mass is 238 g/mol. The molecule has 0 heterocycles. The molecule has 0 amide bonds. The van der Waals surface area contributed by atoms with Crippen molar-refractivity contribution in [2.75, 3.05) is 6.61 Å². The Hall–Kier alpha value is -1.05. The van der Waals surface area contributed by atoms with Gasteiger partial charge in [0.2, 0.25) is 0 Å². The zero-order valence-corrected chi connectivity index (χ0v) is 11.0. The second kappa shape index (κ2) is 13.0. The summed E-state index contributed by atoms with van der Waals surface area (Å²) in [6.07, 6.45) is 12.9. The number of allylic oxidation sites excluding steroid dienone is 2. The SMILES string of the molecule is C=CCCCCCOC(=O)CCCCCC=C. The maximum Gasteiger partial charge on any atom is 0.305 e. The van der Waals surface area contributed by atoms with Crippen LogP contribution in [0.15, 0.2) is 25.3 Å². The van der Waals surface area contributed by atoms with E-state index in [2.05, 4.69) is 13.2 Å². The first-order chi connectivity index (χ1) is 8.31. The van der Waals surface area contributed by atoms with Crippen LogP contribution in [0.3, 0.4) is 0 Å². The molecule has 0 rings (SSSR count). The van der Waals surface area contributed by atoms with Gasteiger partial charge in [-0.25, -0.2) is 0 Å². The van der Waals surface area contributed by atoms with E-state index in [9.17, 15) is 4.79 Å². The molecule has 17 heavy (non-hydrogen) atoms.